The molecule has 2 N–H and O–H groups in total. The van der Waals surface area contributed by atoms with Crippen molar-refractivity contribution in [2.45, 2.75) is 13.0 Å². The fourth-order valence-electron chi connectivity index (χ4n) is 2.06. The van der Waals surface area contributed by atoms with Gasteiger partial charge in [-0.05, 0) is 29.1 Å². The van der Waals surface area contributed by atoms with Crippen molar-refractivity contribution in [3.8, 4) is 11.5 Å². The average molecular weight is 348 g/mol. The predicted molar refractivity (Wildman–Crippen MR) is 92.7 cm³/mol. The fourth-order valence-corrected chi connectivity index (χ4v) is 2.70. The molecule has 0 bridgehead atoms. The van der Waals surface area contributed by atoms with Gasteiger partial charge in [-0.3, -0.25) is 9.59 Å². The summed E-state index contributed by atoms with van der Waals surface area (Å²) in [5.74, 6) is 0.977. The number of methoxy groups -OCH3 is 2. The van der Waals surface area contributed by atoms with Gasteiger partial charge in [-0.2, -0.15) is 0 Å². The van der Waals surface area contributed by atoms with E-state index in [-0.39, 0.29) is 18.2 Å². The third-order valence-electron chi connectivity index (χ3n) is 3.32. The van der Waals surface area contributed by atoms with Crippen LogP contribution in [0.5, 0.6) is 11.5 Å². The number of carbonyl (C=O) groups is 2. The molecule has 24 heavy (non-hydrogen) atoms. The Balaban J connectivity index is 1.74. The molecule has 2 amide bonds. The zero-order valence-corrected chi connectivity index (χ0v) is 14.4. The van der Waals surface area contributed by atoms with Gasteiger partial charge in [0.25, 0.3) is 5.91 Å². The smallest absolute Gasteiger partial charge is 0.261 e. The van der Waals surface area contributed by atoms with Crippen LogP contribution in [0.4, 0.5) is 0 Å². The van der Waals surface area contributed by atoms with Crippen LogP contribution in [-0.4, -0.2) is 32.6 Å². The largest absolute Gasteiger partial charge is 0.493 e. The number of rotatable bonds is 8. The molecule has 1 aromatic carbocycles. The van der Waals surface area contributed by atoms with Gasteiger partial charge in [-0.25, -0.2) is 0 Å². The quantitative estimate of drug-likeness (QED) is 0.767. The highest BCUT2D eigenvalue weighted by molar-refractivity contribution is 7.12. The average Bonchev–Trinajstić information content (AvgIpc) is 3.14. The number of thiophene rings is 1. The zero-order chi connectivity index (χ0) is 17.4. The summed E-state index contributed by atoms with van der Waals surface area (Å²) in [6.07, 6.45) is 0.227. The minimum absolute atomic E-state index is 0.128. The maximum absolute atomic E-state index is 11.8. The van der Waals surface area contributed by atoms with Crippen molar-refractivity contribution in [1.82, 2.24) is 10.6 Å². The number of hydrogen-bond donors (Lipinski definition) is 2. The number of nitrogens with one attached hydrogen (secondary N) is 2. The normalized spacial score (nSPS) is 10.1. The second-order valence-corrected chi connectivity index (χ2v) is 5.90. The van der Waals surface area contributed by atoms with Gasteiger partial charge in [0, 0.05) is 19.5 Å². The van der Waals surface area contributed by atoms with Crippen LogP contribution in [-0.2, 0) is 11.3 Å². The van der Waals surface area contributed by atoms with E-state index in [1.165, 1.54) is 11.3 Å². The van der Waals surface area contributed by atoms with Crippen molar-refractivity contribution in [2.24, 2.45) is 0 Å². The Labute approximate surface area is 144 Å². The van der Waals surface area contributed by atoms with Crippen LogP contribution in [0.15, 0.2) is 35.7 Å². The fraction of sp³-hybridized carbons (Fsp3) is 0.294. The maximum atomic E-state index is 11.8. The molecule has 0 aliphatic rings. The molecule has 0 unspecified atom stereocenters. The standard InChI is InChI=1S/C17H20N2O4S/c1-22-13-6-5-12(10-14(13)23-2)11-19-16(20)7-8-18-17(21)15-4-3-9-24-15/h3-6,9-10H,7-8,11H2,1-2H3,(H,18,21)(H,19,20). The highest BCUT2D eigenvalue weighted by Gasteiger charge is 2.08. The van der Waals surface area contributed by atoms with E-state index in [1.807, 2.05) is 23.6 Å². The molecule has 0 atom stereocenters. The van der Waals surface area contributed by atoms with Gasteiger partial charge in [0.15, 0.2) is 11.5 Å². The predicted octanol–water partition coefficient (Wildman–Crippen LogP) is 2.20. The number of carbonyl (C=O) groups excluding carboxylic acids is 2. The summed E-state index contributed by atoms with van der Waals surface area (Å²) in [7, 11) is 3.14. The van der Waals surface area contributed by atoms with Crippen molar-refractivity contribution in [3.63, 3.8) is 0 Å². The minimum atomic E-state index is -0.155. The molecule has 6 nitrogen and oxygen atoms in total. The Morgan fingerprint density at radius 3 is 2.54 bits per heavy atom. The monoisotopic (exact) mass is 348 g/mol. The second kappa shape index (κ2) is 8.93. The van der Waals surface area contributed by atoms with E-state index in [0.29, 0.717) is 29.5 Å². The van der Waals surface area contributed by atoms with E-state index >= 15 is 0 Å². The van der Waals surface area contributed by atoms with Gasteiger partial charge in [0.1, 0.15) is 0 Å². The lowest BCUT2D eigenvalue weighted by Gasteiger charge is -2.10. The zero-order valence-electron chi connectivity index (χ0n) is 13.6. The van der Waals surface area contributed by atoms with Crippen LogP contribution in [0.2, 0.25) is 0 Å². The molecule has 1 aromatic heterocycles. The summed E-state index contributed by atoms with van der Waals surface area (Å²) in [4.78, 5) is 24.2. The van der Waals surface area contributed by atoms with Crippen molar-refractivity contribution in [3.05, 3.63) is 46.2 Å². The first-order valence-electron chi connectivity index (χ1n) is 7.43. The molecule has 7 heteroatoms. The van der Waals surface area contributed by atoms with Crippen LogP contribution in [0.25, 0.3) is 0 Å². The SMILES string of the molecule is COc1ccc(CNC(=O)CCNC(=O)c2cccs2)cc1OC. The molecule has 2 aromatic rings. The Bertz CT molecular complexity index is 686. The first kappa shape index (κ1) is 17.8. The van der Waals surface area contributed by atoms with E-state index in [2.05, 4.69) is 10.6 Å². The van der Waals surface area contributed by atoms with Crippen LogP contribution in [0, 0.1) is 0 Å². The molecule has 0 aliphatic heterocycles. The van der Waals surface area contributed by atoms with Crippen molar-refractivity contribution in [1.29, 1.82) is 0 Å². The van der Waals surface area contributed by atoms with Gasteiger partial charge in [-0.15, -0.1) is 11.3 Å². The lowest BCUT2D eigenvalue weighted by molar-refractivity contribution is -0.121. The first-order chi connectivity index (χ1) is 11.6. The third-order valence-corrected chi connectivity index (χ3v) is 4.19. The van der Waals surface area contributed by atoms with E-state index in [1.54, 1.807) is 26.4 Å². The molecule has 0 aliphatic carbocycles. The van der Waals surface area contributed by atoms with E-state index < -0.39 is 0 Å². The Hall–Kier alpha value is -2.54. The molecule has 2 rings (SSSR count). The number of amides is 2. The van der Waals surface area contributed by atoms with Gasteiger partial charge in [-0.1, -0.05) is 12.1 Å². The van der Waals surface area contributed by atoms with Crippen LogP contribution < -0.4 is 20.1 Å². The van der Waals surface area contributed by atoms with Crippen LogP contribution in [0.3, 0.4) is 0 Å². The Kier molecular flexibility index (Phi) is 6.62. The summed E-state index contributed by atoms with van der Waals surface area (Å²) in [6.45, 7) is 0.687. The lowest BCUT2D eigenvalue weighted by Crippen LogP contribution is -2.30. The van der Waals surface area contributed by atoms with Gasteiger partial charge < -0.3 is 20.1 Å². The number of ether oxygens (including phenoxy) is 2. The number of benzene rings is 1. The maximum Gasteiger partial charge on any atom is 0.261 e. The first-order valence-corrected chi connectivity index (χ1v) is 8.31. The molecule has 128 valence electrons. The summed E-state index contributed by atoms with van der Waals surface area (Å²) < 4.78 is 10.4. The van der Waals surface area contributed by atoms with Gasteiger partial charge in [0.05, 0.1) is 19.1 Å². The van der Waals surface area contributed by atoms with Crippen molar-refractivity contribution < 1.29 is 19.1 Å². The second-order valence-electron chi connectivity index (χ2n) is 4.95. The highest BCUT2D eigenvalue weighted by atomic mass is 32.1. The van der Waals surface area contributed by atoms with Crippen LogP contribution >= 0.6 is 11.3 Å². The Morgan fingerprint density at radius 2 is 1.88 bits per heavy atom. The molecule has 0 radical (unpaired) electrons. The topological polar surface area (TPSA) is 76.7 Å². The van der Waals surface area contributed by atoms with Gasteiger partial charge in [0.2, 0.25) is 5.91 Å². The summed E-state index contributed by atoms with van der Waals surface area (Å²) in [6, 6.07) is 9.03. The summed E-state index contributed by atoms with van der Waals surface area (Å²) >= 11 is 1.37. The highest BCUT2D eigenvalue weighted by Crippen LogP contribution is 2.27. The van der Waals surface area contributed by atoms with Crippen LogP contribution in [0.1, 0.15) is 21.7 Å². The molecule has 0 saturated heterocycles. The summed E-state index contributed by atoms with van der Waals surface area (Å²) in [5, 5.41) is 7.37. The molecule has 1 heterocycles. The van der Waals surface area contributed by atoms with Crippen molar-refractivity contribution in [2.75, 3.05) is 20.8 Å². The molecule has 0 saturated carbocycles. The number of hydrogen-bond acceptors (Lipinski definition) is 5. The van der Waals surface area contributed by atoms with Crippen molar-refractivity contribution >= 4 is 23.2 Å². The minimum Gasteiger partial charge on any atom is -0.493 e. The molecular formula is C17H20N2O4S. The van der Waals surface area contributed by atoms with E-state index in [4.69, 9.17) is 9.47 Å². The third kappa shape index (κ3) is 4.99. The molecule has 0 fully saturated rings. The molecule has 0 spiro atoms. The lowest BCUT2D eigenvalue weighted by atomic mass is 10.2. The summed E-state index contributed by atoms with van der Waals surface area (Å²) in [5.41, 5.74) is 0.906. The Morgan fingerprint density at radius 1 is 1.08 bits per heavy atom. The van der Waals surface area contributed by atoms with E-state index in [0.717, 1.165) is 5.56 Å². The van der Waals surface area contributed by atoms with Gasteiger partial charge >= 0.3 is 0 Å². The molecular weight excluding hydrogens is 328 g/mol. The van der Waals surface area contributed by atoms with E-state index in [9.17, 15) is 9.59 Å².